The molecule has 28 heavy (non-hydrogen) atoms. The second-order valence-corrected chi connectivity index (χ2v) is 8.95. The lowest BCUT2D eigenvalue weighted by molar-refractivity contribution is -0.129. The molecule has 4 rings (SSSR count). The quantitative estimate of drug-likeness (QED) is 0.673. The van der Waals surface area contributed by atoms with E-state index in [9.17, 15) is 13.2 Å². The lowest BCUT2D eigenvalue weighted by Crippen LogP contribution is -2.48. The van der Waals surface area contributed by atoms with Crippen LogP contribution < -0.4 is 4.90 Å². The van der Waals surface area contributed by atoms with Crippen LogP contribution in [0.4, 0.5) is 5.69 Å². The van der Waals surface area contributed by atoms with Crippen LogP contribution in [0.2, 0.25) is 0 Å². The van der Waals surface area contributed by atoms with Crippen molar-refractivity contribution in [2.24, 2.45) is 0 Å². The molecule has 0 N–H and O–H groups in total. The van der Waals surface area contributed by atoms with Crippen molar-refractivity contribution >= 4 is 32.5 Å². The van der Waals surface area contributed by atoms with E-state index in [1.807, 2.05) is 29.2 Å². The van der Waals surface area contributed by atoms with E-state index >= 15 is 0 Å². The van der Waals surface area contributed by atoms with Gasteiger partial charge in [-0.25, -0.2) is 13.4 Å². The van der Waals surface area contributed by atoms with Gasteiger partial charge in [-0.15, -0.1) is 0 Å². The monoisotopic (exact) mass is 396 g/mol. The van der Waals surface area contributed by atoms with E-state index in [-0.39, 0.29) is 10.8 Å². The lowest BCUT2D eigenvalue weighted by Gasteiger charge is -2.33. The number of rotatable bonds is 3. The molecule has 1 amide bonds. The van der Waals surface area contributed by atoms with Crippen LogP contribution in [0.5, 0.6) is 0 Å². The van der Waals surface area contributed by atoms with E-state index in [2.05, 4.69) is 4.98 Å². The van der Waals surface area contributed by atoms with Gasteiger partial charge in [-0.2, -0.15) is 0 Å². The van der Waals surface area contributed by atoms with Gasteiger partial charge in [-0.3, -0.25) is 9.78 Å². The number of carbonyl (C=O) groups excluding carboxylic acids is 1. The third-order valence-corrected chi connectivity index (χ3v) is 6.03. The van der Waals surface area contributed by atoms with Gasteiger partial charge in [0.2, 0.25) is 5.91 Å². The number of pyridine rings is 2. The summed E-state index contributed by atoms with van der Waals surface area (Å²) in [4.78, 5) is 25.3. The molecule has 0 bridgehead atoms. The number of anilines is 1. The summed E-state index contributed by atoms with van der Waals surface area (Å²) < 4.78 is 23.7. The number of nitrogens with zero attached hydrogens (tertiary/aromatic N) is 4. The van der Waals surface area contributed by atoms with Gasteiger partial charge >= 0.3 is 0 Å². The minimum Gasteiger partial charge on any atom is -0.359 e. The number of aromatic nitrogens is 2. The molecule has 0 spiro atoms. The van der Waals surface area contributed by atoms with E-state index in [1.165, 1.54) is 6.26 Å². The summed E-state index contributed by atoms with van der Waals surface area (Å²) in [5.74, 6) is 0.0632. The predicted octanol–water partition coefficient (Wildman–Crippen LogP) is 1.98. The topological polar surface area (TPSA) is 83.5 Å². The van der Waals surface area contributed by atoms with Gasteiger partial charge in [0.15, 0.2) is 9.84 Å². The molecule has 0 saturated carbocycles. The Kier molecular flexibility index (Phi) is 4.50. The first-order valence-electron chi connectivity index (χ1n) is 8.88. The Labute approximate surface area is 163 Å². The number of piperazine rings is 1. The van der Waals surface area contributed by atoms with Crippen molar-refractivity contribution in [3.8, 4) is 11.3 Å². The van der Waals surface area contributed by atoms with Gasteiger partial charge < -0.3 is 9.80 Å². The first-order chi connectivity index (χ1) is 13.3. The molecule has 144 valence electrons. The molecule has 0 atom stereocenters. The highest BCUT2D eigenvalue weighted by molar-refractivity contribution is 7.90. The maximum atomic E-state index is 12.1. The summed E-state index contributed by atoms with van der Waals surface area (Å²) in [6, 6.07) is 12.3. The van der Waals surface area contributed by atoms with Crippen LogP contribution in [0.3, 0.4) is 0 Å². The third-order valence-electron chi connectivity index (χ3n) is 4.92. The zero-order valence-electron chi connectivity index (χ0n) is 15.7. The molecule has 1 aliphatic rings. The standard InChI is InChI=1S/C20H20N4O3S/c1-23-10-11-24(13-19(23)25)18-8-9-21-17-7-6-16(22-20(17)18)14-4-3-5-15(12-14)28(2,26)27/h3-9,12H,10-11,13H2,1-2H3. The van der Waals surface area contributed by atoms with Crippen molar-refractivity contribution in [3.63, 3.8) is 0 Å². The smallest absolute Gasteiger partial charge is 0.241 e. The average Bonchev–Trinajstić information content (AvgIpc) is 2.69. The second kappa shape index (κ2) is 6.87. The lowest BCUT2D eigenvalue weighted by atomic mass is 10.1. The third kappa shape index (κ3) is 3.43. The van der Waals surface area contributed by atoms with Gasteiger partial charge in [-0.1, -0.05) is 12.1 Å². The van der Waals surface area contributed by atoms with Crippen LogP contribution in [-0.2, 0) is 14.6 Å². The summed E-state index contributed by atoms with van der Waals surface area (Å²) in [5, 5.41) is 0. The van der Waals surface area contributed by atoms with Crippen molar-refractivity contribution in [2.45, 2.75) is 4.90 Å². The van der Waals surface area contributed by atoms with Crippen molar-refractivity contribution in [1.82, 2.24) is 14.9 Å². The van der Waals surface area contributed by atoms with Gasteiger partial charge in [0.25, 0.3) is 0 Å². The first-order valence-corrected chi connectivity index (χ1v) is 10.8. The van der Waals surface area contributed by atoms with Gasteiger partial charge in [-0.05, 0) is 30.3 Å². The highest BCUT2D eigenvalue weighted by atomic mass is 32.2. The Bertz CT molecular complexity index is 1180. The SMILES string of the molecule is CN1CCN(c2ccnc3ccc(-c4cccc(S(C)(=O)=O)c4)nc23)CC1=O. The van der Waals surface area contributed by atoms with Crippen molar-refractivity contribution < 1.29 is 13.2 Å². The number of benzene rings is 1. The highest BCUT2D eigenvalue weighted by Gasteiger charge is 2.23. The van der Waals surface area contributed by atoms with E-state index in [1.54, 1.807) is 36.3 Å². The molecule has 3 aromatic rings. The molecule has 1 fully saturated rings. The summed E-state index contributed by atoms with van der Waals surface area (Å²) in [7, 11) is -1.50. The zero-order valence-corrected chi connectivity index (χ0v) is 16.5. The number of sulfone groups is 1. The average molecular weight is 396 g/mol. The summed E-state index contributed by atoms with van der Waals surface area (Å²) >= 11 is 0. The summed E-state index contributed by atoms with van der Waals surface area (Å²) in [5.41, 5.74) is 3.66. The Balaban J connectivity index is 1.80. The largest absolute Gasteiger partial charge is 0.359 e. The first kappa shape index (κ1) is 18.4. The minimum atomic E-state index is -3.30. The van der Waals surface area contributed by atoms with Gasteiger partial charge in [0.05, 0.1) is 28.3 Å². The number of fused-ring (bicyclic) bond motifs is 1. The van der Waals surface area contributed by atoms with Crippen molar-refractivity contribution in [3.05, 3.63) is 48.7 Å². The van der Waals surface area contributed by atoms with E-state index in [4.69, 9.17) is 4.98 Å². The molecule has 2 aromatic heterocycles. The van der Waals surface area contributed by atoms with Crippen molar-refractivity contribution in [1.29, 1.82) is 0 Å². The maximum absolute atomic E-state index is 12.1. The predicted molar refractivity (Wildman–Crippen MR) is 108 cm³/mol. The fourth-order valence-corrected chi connectivity index (χ4v) is 3.94. The molecule has 0 aliphatic carbocycles. The fraction of sp³-hybridized carbons (Fsp3) is 0.250. The summed E-state index contributed by atoms with van der Waals surface area (Å²) in [6.45, 7) is 1.67. The molecule has 1 saturated heterocycles. The minimum absolute atomic E-state index is 0.0632. The molecular weight excluding hydrogens is 376 g/mol. The Morgan fingerprint density at radius 1 is 1.07 bits per heavy atom. The zero-order chi connectivity index (χ0) is 19.9. The molecule has 8 heteroatoms. The Morgan fingerprint density at radius 2 is 1.89 bits per heavy atom. The van der Waals surface area contributed by atoms with E-state index < -0.39 is 9.84 Å². The molecule has 0 unspecified atom stereocenters. The number of amides is 1. The van der Waals surface area contributed by atoms with Crippen LogP contribution >= 0.6 is 0 Å². The summed E-state index contributed by atoms with van der Waals surface area (Å²) in [6.07, 6.45) is 2.90. The maximum Gasteiger partial charge on any atom is 0.241 e. The van der Waals surface area contributed by atoms with Crippen LogP contribution in [0, 0.1) is 0 Å². The Hall–Kier alpha value is -3.00. The highest BCUT2D eigenvalue weighted by Crippen LogP contribution is 2.28. The van der Waals surface area contributed by atoms with Gasteiger partial charge in [0, 0.05) is 38.2 Å². The number of hydrogen-bond donors (Lipinski definition) is 0. The molecule has 7 nitrogen and oxygen atoms in total. The van der Waals surface area contributed by atoms with E-state index in [0.29, 0.717) is 29.9 Å². The number of carbonyl (C=O) groups is 1. The van der Waals surface area contributed by atoms with Gasteiger partial charge in [0.1, 0.15) is 5.52 Å². The molecule has 0 radical (unpaired) electrons. The van der Waals surface area contributed by atoms with E-state index in [0.717, 1.165) is 17.7 Å². The van der Waals surface area contributed by atoms with Crippen LogP contribution in [0.1, 0.15) is 0 Å². The number of likely N-dealkylation sites (N-methyl/N-ethyl adjacent to an activating group) is 1. The molecule has 3 heterocycles. The van der Waals surface area contributed by atoms with Crippen LogP contribution in [-0.4, -0.2) is 62.1 Å². The molecule has 1 aromatic carbocycles. The van der Waals surface area contributed by atoms with Crippen molar-refractivity contribution in [2.75, 3.05) is 37.8 Å². The van der Waals surface area contributed by atoms with Crippen LogP contribution in [0.25, 0.3) is 22.3 Å². The molecule has 1 aliphatic heterocycles. The normalized spacial score (nSPS) is 15.3. The second-order valence-electron chi connectivity index (χ2n) is 6.93. The Morgan fingerprint density at radius 3 is 2.64 bits per heavy atom. The molecular formula is C20H20N4O3S. The van der Waals surface area contributed by atoms with Crippen LogP contribution in [0.15, 0.2) is 53.6 Å². The number of hydrogen-bond acceptors (Lipinski definition) is 6. The fourth-order valence-electron chi connectivity index (χ4n) is 3.28.